The van der Waals surface area contributed by atoms with Crippen LogP contribution in [-0.2, 0) is 13.1 Å². The van der Waals surface area contributed by atoms with Gasteiger partial charge in [-0.1, -0.05) is 23.4 Å². The molecule has 0 radical (unpaired) electrons. The zero-order chi connectivity index (χ0) is 17.8. The monoisotopic (exact) mass is 345 g/mol. The van der Waals surface area contributed by atoms with Crippen LogP contribution >= 0.6 is 0 Å². The van der Waals surface area contributed by atoms with Gasteiger partial charge in [0.05, 0.1) is 12.8 Å². The van der Waals surface area contributed by atoms with Crippen LogP contribution in [0.2, 0.25) is 0 Å². The molecule has 0 saturated carbocycles. The van der Waals surface area contributed by atoms with E-state index in [9.17, 15) is 0 Å². The Morgan fingerprint density at radius 2 is 1.88 bits per heavy atom. The average molecular weight is 345 g/mol. The van der Waals surface area contributed by atoms with Crippen molar-refractivity contribution in [2.24, 2.45) is 0 Å². The maximum atomic E-state index is 5.48. The molecule has 130 valence electrons. The van der Waals surface area contributed by atoms with E-state index in [-0.39, 0.29) is 0 Å². The lowest BCUT2D eigenvalue weighted by Crippen LogP contribution is -2.16. The molecule has 0 bridgehead atoms. The van der Waals surface area contributed by atoms with E-state index in [1.165, 1.54) is 5.56 Å². The highest BCUT2D eigenvalue weighted by atomic mass is 16.5. The predicted molar refractivity (Wildman–Crippen MR) is 99.0 cm³/mol. The van der Waals surface area contributed by atoms with Gasteiger partial charge in [-0.05, 0) is 42.9 Å². The minimum Gasteiger partial charge on any atom is -0.464 e. The van der Waals surface area contributed by atoms with Crippen LogP contribution in [0.1, 0.15) is 11.3 Å². The summed E-state index contributed by atoms with van der Waals surface area (Å²) in [6.07, 6.45) is 5.22. The first kappa shape index (κ1) is 16.3. The van der Waals surface area contributed by atoms with Gasteiger partial charge in [-0.15, -0.1) is 0 Å². The van der Waals surface area contributed by atoms with Crippen LogP contribution in [0.15, 0.2) is 82.2 Å². The molecule has 4 aromatic rings. The molecule has 5 heteroatoms. The van der Waals surface area contributed by atoms with Crippen LogP contribution in [0.5, 0.6) is 0 Å². The fourth-order valence-corrected chi connectivity index (χ4v) is 2.94. The number of nitrogens with zero attached hydrogens (tertiary/aromatic N) is 3. The van der Waals surface area contributed by atoms with Crippen LogP contribution in [0.4, 0.5) is 0 Å². The molecule has 3 heterocycles. The maximum Gasteiger partial charge on any atom is 0.151 e. The lowest BCUT2D eigenvalue weighted by Gasteiger charge is -2.15. The Labute approximate surface area is 151 Å². The summed E-state index contributed by atoms with van der Waals surface area (Å²) in [5.74, 6) is 1.71. The molecule has 0 fully saturated rings. The number of hydrogen-bond acceptors (Lipinski definition) is 5. The van der Waals surface area contributed by atoms with Gasteiger partial charge >= 0.3 is 0 Å². The highest BCUT2D eigenvalue weighted by Crippen LogP contribution is 2.22. The average Bonchev–Trinajstić information content (AvgIpc) is 3.35. The fourth-order valence-electron chi connectivity index (χ4n) is 2.94. The lowest BCUT2D eigenvalue weighted by molar-refractivity contribution is 0.267. The summed E-state index contributed by atoms with van der Waals surface area (Å²) in [5.41, 5.74) is 4.06. The SMILES string of the molecule is CN(Cc1cccc(-c2ccco2)c1)Cc1cc(-c2cccnc2)no1. The van der Waals surface area contributed by atoms with Crippen molar-refractivity contribution in [2.45, 2.75) is 13.1 Å². The third-order valence-electron chi connectivity index (χ3n) is 4.13. The van der Waals surface area contributed by atoms with Crippen molar-refractivity contribution in [3.8, 4) is 22.6 Å². The second kappa shape index (κ2) is 7.37. The molecular weight excluding hydrogens is 326 g/mol. The van der Waals surface area contributed by atoms with Gasteiger partial charge < -0.3 is 8.94 Å². The summed E-state index contributed by atoms with van der Waals surface area (Å²) in [6.45, 7) is 1.48. The van der Waals surface area contributed by atoms with Gasteiger partial charge in [-0.25, -0.2) is 0 Å². The number of hydrogen-bond donors (Lipinski definition) is 0. The maximum absolute atomic E-state index is 5.48. The molecular formula is C21H19N3O2. The standard InChI is InChI=1S/C21H19N3O2/c1-24(14-16-5-2-6-17(11-16)21-8-4-10-25-21)15-19-12-20(23-26-19)18-7-3-9-22-13-18/h2-13H,14-15H2,1H3. The van der Waals surface area contributed by atoms with Gasteiger partial charge in [0.15, 0.2) is 5.76 Å². The second-order valence-corrected chi connectivity index (χ2v) is 6.27. The third-order valence-corrected chi connectivity index (χ3v) is 4.13. The minimum atomic E-state index is 0.679. The summed E-state index contributed by atoms with van der Waals surface area (Å²) < 4.78 is 11.0. The van der Waals surface area contributed by atoms with E-state index in [1.807, 2.05) is 30.3 Å². The number of benzene rings is 1. The molecule has 3 aromatic heterocycles. The number of aromatic nitrogens is 2. The fraction of sp³-hybridized carbons (Fsp3) is 0.143. The summed E-state index contributed by atoms with van der Waals surface area (Å²) in [4.78, 5) is 6.31. The van der Waals surface area contributed by atoms with Crippen molar-refractivity contribution in [3.63, 3.8) is 0 Å². The Balaban J connectivity index is 1.42. The van der Waals surface area contributed by atoms with Crippen molar-refractivity contribution in [1.82, 2.24) is 15.0 Å². The molecule has 1 aromatic carbocycles. The normalized spacial score (nSPS) is 11.2. The molecule has 4 rings (SSSR count). The molecule has 0 aliphatic carbocycles. The van der Waals surface area contributed by atoms with Gasteiger partial charge in [0.1, 0.15) is 11.5 Å². The van der Waals surface area contributed by atoms with Gasteiger partial charge in [0.25, 0.3) is 0 Å². The van der Waals surface area contributed by atoms with Crippen LogP contribution in [0.3, 0.4) is 0 Å². The Morgan fingerprint density at radius 3 is 2.69 bits per heavy atom. The molecule has 5 nitrogen and oxygen atoms in total. The van der Waals surface area contributed by atoms with Crippen LogP contribution in [0, 0.1) is 0 Å². The molecule has 0 aliphatic rings. The largest absolute Gasteiger partial charge is 0.464 e. The summed E-state index contributed by atoms with van der Waals surface area (Å²) in [6, 6.07) is 18.1. The van der Waals surface area contributed by atoms with Crippen LogP contribution in [0.25, 0.3) is 22.6 Å². The van der Waals surface area contributed by atoms with Gasteiger partial charge in [-0.3, -0.25) is 9.88 Å². The molecule has 0 amide bonds. The van der Waals surface area contributed by atoms with Crippen LogP contribution < -0.4 is 0 Å². The molecule has 26 heavy (non-hydrogen) atoms. The zero-order valence-electron chi connectivity index (χ0n) is 14.5. The Kier molecular flexibility index (Phi) is 4.62. The van der Waals surface area contributed by atoms with Crippen molar-refractivity contribution in [3.05, 3.63) is 84.6 Å². The zero-order valence-corrected chi connectivity index (χ0v) is 14.5. The second-order valence-electron chi connectivity index (χ2n) is 6.27. The van der Waals surface area contributed by atoms with Crippen molar-refractivity contribution >= 4 is 0 Å². The molecule has 0 atom stereocenters. The summed E-state index contributed by atoms with van der Waals surface area (Å²) in [7, 11) is 2.06. The summed E-state index contributed by atoms with van der Waals surface area (Å²) in [5, 5.41) is 4.14. The first-order valence-corrected chi connectivity index (χ1v) is 8.45. The topological polar surface area (TPSA) is 55.3 Å². The van der Waals surface area contributed by atoms with Crippen LogP contribution in [-0.4, -0.2) is 22.1 Å². The van der Waals surface area contributed by atoms with Crippen molar-refractivity contribution in [1.29, 1.82) is 0 Å². The van der Waals surface area contributed by atoms with E-state index >= 15 is 0 Å². The molecule has 0 N–H and O–H groups in total. The van der Waals surface area contributed by atoms with E-state index in [4.69, 9.17) is 8.94 Å². The highest BCUT2D eigenvalue weighted by Gasteiger charge is 2.10. The van der Waals surface area contributed by atoms with Crippen molar-refractivity contribution < 1.29 is 8.94 Å². The quantitative estimate of drug-likeness (QED) is 0.510. The van der Waals surface area contributed by atoms with Crippen molar-refractivity contribution in [2.75, 3.05) is 7.05 Å². The van der Waals surface area contributed by atoms with E-state index in [0.29, 0.717) is 6.54 Å². The smallest absolute Gasteiger partial charge is 0.151 e. The number of furan rings is 1. The molecule has 0 unspecified atom stereocenters. The van der Waals surface area contributed by atoms with Gasteiger partial charge in [0, 0.05) is 36.1 Å². The van der Waals surface area contributed by atoms with E-state index in [1.54, 1.807) is 18.7 Å². The van der Waals surface area contributed by atoms with E-state index in [2.05, 4.69) is 46.4 Å². The number of pyridine rings is 1. The first-order chi connectivity index (χ1) is 12.8. The number of rotatable bonds is 6. The third kappa shape index (κ3) is 3.73. The van der Waals surface area contributed by atoms with E-state index < -0.39 is 0 Å². The Bertz CT molecular complexity index is 962. The molecule has 0 saturated heterocycles. The lowest BCUT2D eigenvalue weighted by atomic mass is 10.1. The first-order valence-electron chi connectivity index (χ1n) is 8.45. The minimum absolute atomic E-state index is 0.679. The Hall–Kier alpha value is -3.18. The predicted octanol–water partition coefficient (Wildman–Crippen LogP) is 4.63. The molecule has 0 aliphatic heterocycles. The highest BCUT2D eigenvalue weighted by molar-refractivity contribution is 5.58. The van der Waals surface area contributed by atoms with Gasteiger partial charge in [-0.2, -0.15) is 0 Å². The van der Waals surface area contributed by atoms with E-state index in [0.717, 1.165) is 34.9 Å². The summed E-state index contributed by atoms with van der Waals surface area (Å²) >= 11 is 0. The Morgan fingerprint density at radius 1 is 0.962 bits per heavy atom. The van der Waals surface area contributed by atoms with Gasteiger partial charge in [0.2, 0.25) is 0 Å². The molecule has 0 spiro atoms.